The first-order chi connectivity index (χ1) is 63.6. The molecule has 0 radical (unpaired) electrons. The van der Waals surface area contributed by atoms with Crippen LogP contribution in [0.15, 0.2) is 285 Å². The maximum atomic E-state index is 13.2. The number of esters is 3. The molecule has 0 saturated carbocycles. The third-order valence-corrected chi connectivity index (χ3v) is 22.3. The number of aryl methyl sites for hydroxylation is 7. The first-order valence-electron chi connectivity index (χ1n) is 43.8. The quantitative estimate of drug-likeness (QED) is 0.0212. The number of benzene rings is 11. The summed E-state index contributed by atoms with van der Waals surface area (Å²) >= 11 is 0. The van der Waals surface area contributed by atoms with Gasteiger partial charge in [-0.25, -0.2) is 19.2 Å². The number of amides is 5. The summed E-state index contributed by atoms with van der Waals surface area (Å²) in [6.07, 6.45) is 21.6. The molecule has 0 atom stereocenters. The highest BCUT2D eigenvalue weighted by molar-refractivity contribution is 6.09. The number of nitrogens with zero attached hydrogens (tertiary/aromatic N) is 4. The fourth-order valence-corrected chi connectivity index (χ4v) is 15.1. The van der Waals surface area contributed by atoms with Crippen molar-refractivity contribution in [3.05, 3.63) is 380 Å². The number of aliphatic carboxylic acids is 1. The molecule has 0 aromatic heterocycles. The summed E-state index contributed by atoms with van der Waals surface area (Å²) in [7, 11) is 4.02. The van der Waals surface area contributed by atoms with E-state index in [0.717, 1.165) is 159 Å². The van der Waals surface area contributed by atoms with Gasteiger partial charge in [0.05, 0.1) is 32.5 Å². The Morgan fingerprint density at radius 1 is 0.313 bits per heavy atom. The largest absolute Gasteiger partial charge is 0.481 e. The van der Waals surface area contributed by atoms with Crippen molar-refractivity contribution in [1.29, 1.82) is 0 Å². The molecule has 131 heavy (non-hydrogen) atoms. The molecule has 0 bridgehead atoms. The van der Waals surface area contributed by atoms with Crippen molar-refractivity contribution in [2.45, 2.75) is 122 Å². The van der Waals surface area contributed by atoms with Gasteiger partial charge in [0.2, 0.25) is 5.91 Å². The van der Waals surface area contributed by atoms with E-state index in [1.807, 2.05) is 196 Å². The number of carboxylic acids is 3. The van der Waals surface area contributed by atoms with Crippen LogP contribution in [0.25, 0.3) is 12.2 Å². The molecular formula is C108H109N5O18. The summed E-state index contributed by atoms with van der Waals surface area (Å²) in [5, 5.41) is 28.8. The Bertz CT molecular complexity index is 5760. The lowest BCUT2D eigenvalue weighted by Crippen LogP contribution is -2.31. The lowest BCUT2D eigenvalue weighted by Gasteiger charge is -2.23. The van der Waals surface area contributed by atoms with Gasteiger partial charge in [-0.15, -0.1) is 0 Å². The first kappa shape index (κ1) is 97.9. The zero-order chi connectivity index (χ0) is 93.2. The number of anilines is 4. The number of rotatable bonds is 22. The van der Waals surface area contributed by atoms with E-state index in [0.29, 0.717) is 72.8 Å². The fraction of sp³-hybridized carbons (Fsp3) is 0.241. The van der Waals surface area contributed by atoms with E-state index in [2.05, 4.69) is 43.8 Å². The molecule has 0 spiro atoms. The predicted octanol–water partition coefficient (Wildman–Crippen LogP) is 19.0. The van der Waals surface area contributed by atoms with Crippen LogP contribution >= 0.6 is 0 Å². The molecule has 23 heteroatoms. The molecule has 23 nitrogen and oxygen atoms in total. The molecule has 15 rings (SSSR count). The van der Waals surface area contributed by atoms with Gasteiger partial charge in [0, 0.05) is 115 Å². The minimum atomic E-state index is -0.984. The minimum absolute atomic E-state index is 0.00846. The summed E-state index contributed by atoms with van der Waals surface area (Å²) in [6, 6.07) is 84.1. The number of carboxylic acid groups (broad SMARTS) is 3. The van der Waals surface area contributed by atoms with Gasteiger partial charge in [-0.3, -0.25) is 38.4 Å². The minimum Gasteiger partial charge on any atom is -0.481 e. The lowest BCUT2D eigenvalue weighted by atomic mass is 10.1. The highest BCUT2D eigenvalue weighted by Gasteiger charge is 2.27. The van der Waals surface area contributed by atoms with Crippen molar-refractivity contribution in [1.82, 2.24) is 5.32 Å². The molecule has 4 N–H and O–H groups in total. The molecule has 0 unspecified atom stereocenters. The molecular weight excluding hydrogens is 1660 g/mol. The van der Waals surface area contributed by atoms with Gasteiger partial charge in [0.15, 0.2) is 0 Å². The molecule has 0 fully saturated rings. The fourth-order valence-electron chi connectivity index (χ4n) is 15.1. The van der Waals surface area contributed by atoms with Crippen LogP contribution in [0.2, 0.25) is 0 Å². The van der Waals surface area contributed by atoms with Crippen LogP contribution in [-0.4, -0.2) is 134 Å². The van der Waals surface area contributed by atoms with E-state index < -0.39 is 29.8 Å². The van der Waals surface area contributed by atoms with Crippen molar-refractivity contribution in [3.8, 4) is 0 Å². The van der Waals surface area contributed by atoms with Gasteiger partial charge in [-0.05, 0) is 261 Å². The second-order valence-corrected chi connectivity index (χ2v) is 31.3. The summed E-state index contributed by atoms with van der Waals surface area (Å²) in [5.74, 6) is -3.70. The average molecular weight is 1770 g/mol. The number of methoxy groups -OCH3 is 3. The molecule has 4 aliphatic rings. The third kappa shape index (κ3) is 30.5. The molecule has 674 valence electrons. The average Bonchev–Trinajstić information content (AvgIpc) is 1.68. The number of aldehydes is 1. The van der Waals surface area contributed by atoms with Gasteiger partial charge >= 0.3 is 35.8 Å². The number of hydrogen-bond donors (Lipinski definition) is 4. The molecule has 11 aromatic rings. The Kier molecular flexibility index (Phi) is 38.5. The molecule has 4 heterocycles. The van der Waals surface area contributed by atoms with Crippen LogP contribution in [-0.2, 0) is 89.7 Å². The summed E-state index contributed by atoms with van der Waals surface area (Å²) in [4.78, 5) is 147. The van der Waals surface area contributed by atoms with Crippen molar-refractivity contribution in [2.75, 3.05) is 67.1 Å². The normalized spacial score (nSPS) is 12.9. The summed E-state index contributed by atoms with van der Waals surface area (Å²) < 4.78 is 13.6. The van der Waals surface area contributed by atoms with Crippen molar-refractivity contribution < 1.29 is 87.1 Å². The van der Waals surface area contributed by atoms with Crippen LogP contribution in [0.5, 0.6) is 0 Å². The Balaban J connectivity index is 0.000000167. The second-order valence-electron chi connectivity index (χ2n) is 31.3. The van der Waals surface area contributed by atoms with E-state index in [1.165, 1.54) is 92.1 Å². The number of carbonyl (C=O) groups is 12. The Labute approximate surface area is 763 Å². The second kappa shape index (κ2) is 51.5. The lowest BCUT2D eigenvalue weighted by molar-refractivity contribution is -0.140. The van der Waals surface area contributed by atoms with E-state index in [1.54, 1.807) is 48.6 Å². The van der Waals surface area contributed by atoms with Gasteiger partial charge in [0.1, 0.15) is 6.29 Å². The standard InChI is InChI=1S/C27H28N2O2.C21H23NO3.C21H21NO3.C20H21NO3.C11H10O4.C8H6O3/c30-26(28-20-22-8-2-1-3-9-22)18-15-21-13-16-24(17-14-21)27(31)29-19-7-6-11-23-10-4-5-12-25(23)29;2*1-25-20(23)14-11-16-9-12-18(13-10-16)21(24)22-15-5-4-7-17-6-2-3-8-19(17)22;22-19(23)13-10-15-8-11-17(12-9-15)20(24)21-14-4-3-6-16-5-1-2-7-18(16)21;1-15-10(12)7-4-8-2-5-9(6-3-8)11(13)14;9-5-6-1-3-7(4-2-6)8(10)11/h1-5,8-10,12-14,16-17H,6-7,11,15,18-20H2,(H,28,30);2-3,6,8-10,12-13H,4-5,7,11,14-15H2,1H3;2-3,6,8-14H,4-5,7,15H2,1H3;1-2,5,7-9,11-12H,3-4,6,10,13-14H2,(H,22,23);2-7H,1H3,(H,13,14);1-5H,(H,10,11)/b;;14-11+;;7-4+;. The number of aromatic carboxylic acids is 2. The smallest absolute Gasteiger partial charge is 0.335 e. The Morgan fingerprint density at radius 2 is 0.603 bits per heavy atom. The molecule has 4 aliphatic heterocycles. The maximum Gasteiger partial charge on any atom is 0.335 e. The number of hydrogen-bond acceptors (Lipinski definition) is 15. The number of carbonyl (C=O) groups excluding carboxylic acids is 9. The van der Waals surface area contributed by atoms with Gasteiger partial charge < -0.3 is 54.4 Å². The summed E-state index contributed by atoms with van der Waals surface area (Å²) in [5.41, 5.74) is 18.3. The number of ether oxygens (including phenoxy) is 3. The SMILES string of the molecule is COC(=O)/C=C/c1ccc(C(=O)N2CCCCc3ccccc32)cc1.COC(=O)/C=C/c1ccc(C(=O)O)cc1.COC(=O)CCc1ccc(C(=O)N2CCCCc3ccccc32)cc1.O=C(CCc1ccc(C(=O)N2CCCCc3ccccc32)cc1)NCc1ccccc1.O=C(O)CCc1ccc(C(=O)N2CCCCc3ccccc32)cc1.O=Cc1ccc(C(=O)O)cc1. The van der Waals surface area contributed by atoms with Crippen molar-refractivity contribution in [2.24, 2.45) is 0 Å². The Morgan fingerprint density at radius 3 is 0.908 bits per heavy atom. The number of para-hydroxylation sites is 4. The third-order valence-electron chi connectivity index (χ3n) is 22.3. The van der Waals surface area contributed by atoms with Crippen LogP contribution < -0.4 is 24.9 Å². The van der Waals surface area contributed by atoms with Crippen molar-refractivity contribution >= 4 is 107 Å². The molecule has 11 aromatic carbocycles. The van der Waals surface area contributed by atoms with Crippen molar-refractivity contribution in [3.63, 3.8) is 0 Å². The zero-order valence-corrected chi connectivity index (χ0v) is 73.9. The highest BCUT2D eigenvalue weighted by atomic mass is 16.5. The van der Waals surface area contributed by atoms with Crippen LogP contribution in [0.3, 0.4) is 0 Å². The predicted molar refractivity (Wildman–Crippen MR) is 507 cm³/mol. The monoisotopic (exact) mass is 1760 g/mol. The summed E-state index contributed by atoms with van der Waals surface area (Å²) in [6.45, 7) is 3.51. The molecule has 0 aliphatic carbocycles. The number of fused-ring (bicyclic) bond motifs is 4. The Hall–Kier alpha value is -15.3. The van der Waals surface area contributed by atoms with Gasteiger partial charge in [-0.1, -0.05) is 176 Å². The van der Waals surface area contributed by atoms with Crippen LogP contribution in [0.1, 0.15) is 199 Å². The molecule has 5 amide bonds. The first-order valence-corrected chi connectivity index (χ1v) is 43.8. The van der Waals surface area contributed by atoms with E-state index in [4.69, 9.17) is 15.3 Å². The zero-order valence-electron chi connectivity index (χ0n) is 73.9. The van der Waals surface area contributed by atoms with Crippen LogP contribution in [0, 0.1) is 0 Å². The van der Waals surface area contributed by atoms with Gasteiger partial charge in [0.25, 0.3) is 23.6 Å². The van der Waals surface area contributed by atoms with E-state index in [-0.39, 0.29) is 53.1 Å². The number of nitrogens with one attached hydrogen (secondary N) is 1. The highest BCUT2D eigenvalue weighted by Crippen LogP contribution is 2.33. The maximum absolute atomic E-state index is 13.2. The van der Waals surface area contributed by atoms with E-state index >= 15 is 0 Å². The topological polar surface area (TPSA) is 318 Å². The van der Waals surface area contributed by atoms with E-state index in [9.17, 15) is 57.5 Å². The van der Waals surface area contributed by atoms with Gasteiger partial charge in [-0.2, -0.15) is 0 Å². The molecule has 0 saturated heterocycles. The van der Waals surface area contributed by atoms with Crippen LogP contribution in [0.4, 0.5) is 22.7 Å².